The summed E-state index contributed by atoms with van der Waals surface area (Å²) in [6.07, 6.45) is 6.24. The lowest BCUT2D eigenvalue weighted by Gasteiger charge is -2.29. The fraction of sp³-hybridized carbons (Fsp3) is 0.310. The Bertz CT molecular complexity index is 2380. The summed E-state index contributed by atoms with van der Waals surface area (Å²) in [7, 11) is 0. The summed E-state index contributed by atoms with van der Waals surface area (Å²) in [5, 5.41) is 19.8. The molecule has 8 rings (SSSR count). The lowest BCUT2D eigenvalue weighted by atomic mass is 9.91. The molecule has 5 aromatic rings. The molecule has 2 fully saturated rings. The van der Waals surface area contributed by atoms with E-state index in [2.05, 4.69) is 46.1 Å². The smallest absolute Gasteiger partial charge is 0.407 e. The topological polar surface area (TPSA) is 145 Å². The van der Waals surface area contributed by atoms with Crippen molar-refractivity contribution in [2.24, 2.45) is 0 Å². The van der Waals surface area contributed by atoms with Crippen molar-refractivity contribution in [2.75, 3.05) is 13.1 Å². The predicted octanol–water partition coefficient (Wildman–Crippen LogP) is 6.27. The van der Waals surface area contributed by atoms with Crippen LogP contribution in [0.2, 0.25) is 5.02 Å². The van der Waals surface area contributed by atoms with E-state index in [1.165, 1.54) is 4.90 Å². The second-order valence-electron chi connectivity index (χ2n) is 14.5. The number of carbonyl (C=O) groups excluding carboxylic acids is 2. The van der Waals surface area contributed by atoms with E-state index >= 15 is 0 Å². The molecule has 3 aromatic carbocycles. The molecule has 2 aliphatic heterocycles. The van der Waals surface area contributed by atoms with Gasteiger partial charge >= 0.3 is 6.09 Å². The normalized spacial score (nSPS) is 19.2. The van der Waals surface area contributed by atoms with Crippen LogP contribution in [0, 0.1) is 6.92 Å². The Labute approximate surface area is 317 Å². The van der Waals surface area contributed by atoms with Crippen molar-refractivity contribution in [3.05, 3.63) is 117 Å². The maximum absolute atomic E-state index is 13.3. The van der Waals surface area contributed by atoms with Crippen LogP contribution in [0.3, 0.4) is 0 Å². The van der Waals surface area contributed by atoms with Crippen LogP contribution < -0.4 is 21.5 Å². The Hall–Kier alpha value is -5.52. The first-order valence-electron chi connectivity index (χ1n) is 18.5. The summed E-state index contributed by atoms with van der Waals surface area (Å²) in [5.41, 5.74) is 9.76. The first-order valence-corrected chi connectivity index (χ1v) is 18.8. The molecule has 54 heavy (non-hydrogen) atoms. The van der Waals surface area contributed by atoms with Gasteiger partial charge in [-0.3, -0.25) is 23.7 Å². The summed E-state index contributed by atoms with van der Waals surface area (Å²) >= 11 is 7.22. The zero-order valence-electron chi connectivity index (χ0n) is 29.9. The maximum Gasteiger partial charge on any atom is 0.407 e. The number of amides is 3. The number of hydrogen-bond donors (Lipinski definition) is 4. The number of aryl methyl sites for hydroxylation is 1. The van der Waals surface area contributed by atoms with Gasteiger partial charge in [-0.25, -0.2) is 9.78 Å². The SMILES string of the molecule is Cc1c(-c2ccn3c(=O)c(CNC[C@@H]4CCC(=O)N4)cnc3c2)cccc1-c1cccc(-c2ccc3c(c2)CCC3N(C[C@@H]2CCC(=O)N2)C(=O)O)c1Cl. The highest BCUT2D eigenvalue weighted by atomic mass is 35.5. The number of carboxylic acid groups (broad SMARTS) is 1. The summed E-state index contributed by atoms with van der Waals surface area (Å²) in [6.45, 7) is 3.30. The molecule has 276 valence electrons. The zero-order chi connectivity index (χ0) is 37.5. The molecule has 0 spiro atoms. The van der Waals surface area contributed by atoms with Crippen LogP contribution in [-0.4, -0.2) is 62.5 Å². The van der Waals surface area contributed by atoms with Gasteiger partial charge in [-0.05, 0) is 83.7 Å². The monoisotopic (exact) mass is 744 g/mol. The molecule has 0 radical (unpaired) electrons. The van der Waals surface area contributed by atoms with Crippen LogP contribution in [0.25, 0.3) is 39.0 Å². The van der Waals surface area contributed by atoms with Gasteiger partial charge in [-0.15, -0.1) is 0 Å². The fourth-order valence-corrected chi connectivity index (χ4v) is 8.63. The minimum atomic E-state index is -0.980. The largest absolute Gasteiger partial charge is 0.465 e. The lowest BCUT2D eigenvalue weighted by Crippen LogP contribution is -2.42. The van der Waals surface area contributed by atoms with Gasteiger partial charge < -0.3 is 21.1 Å². The van der Waals surface area contributed by atoms with Crippen molar-refractivity contribution in [2.45, 2.75) is 70.1 Å². The van der Waals surface area contributed by atoms with Crippen LogP contribution in [-0.2, 0) is 22.6 Å². The van der Waals surface area contributed by atoms with Crippen molar-refractivity contribution in [3.8, 4) is 33.4 Å². The third-order valence-electron chi connectivity index (χ3n) is 11.1. The van der Waals surface area contributed by atoms with Crippen LogP contribution in [0.1, 0.15) is 60.4 Å². The van der Waals surface area contributed by atoms with E-state index in [9.17, 15) is 24.3 Å². The van der Waals surface area contributed by atoms with Crippen LogP contribution in [0.5, 0.6) is 0 Å². The van der Waals surface area contributed by atoms with E-state index in [0.29, 0.717) is 55.0 Å². The molecular weight excluding hydrogens is 704 g/mol. The Morgan fingerprint density at radius 1 is 0.889 bits per heavy atom. The quantitative estimate of drug-likeness (QED) is 0.132. The van der Waals surface area contributed by atoms with Gasteiger partial charge in [0, 0.05) is 73.6 Å². The molecule has 0 saturated carbocycles. The number of rotatable bonds is 10. The van der Waals surface area contributed by atoms with Gasteiger partial charge in [-0.2, -0.15) is 0 Å². The highest BCUT2D eigenvalue weighted by Crippen LogP contribution is 2.43. The molecule has 3 aliphatic rings. The summed E-state index contributed by atoms with van der Waals surface area (Å²) in [6, 6.07) is 21.8. The van der Waals surface area contributed by atoms with Crippen molar-refractivity contribution in [1.82, 2.24) is 30.2 Å². The molecule has 1 unspecified atom stereocenters. The van der Waals surface area contributed by atoms with E-state index < -0.39 is 6.09 Å². The number of aromatic nitrogens is 2. The number of nitrogens with one attached hydrogen (secondary N) is 3. The highest BCUT2D eigenvalue weighted by molar-refractivity contribution is 6.36. The molecule has 12 heteroatoms. The molecule has 3 atom stereocenters. The average molecular weight is 745 g/mol. The van der Waals surface area contributed by atoms with Gasteiger partial charge in [0.25, 0.3) is 5.56 Å². The van der Waals surface area contributed by atoms with Crippen LogP contribution in [0.4, 0.5) is 4.79 Å². The molecule has 3 amide bonds. The fourth-order valence-electron chi connectivity index (χ4n) is 8.29. The van der Waals surface area contributed by atoms with Gasteiger partial charge in [0.15, 0.2) is 0 Å². The standard InChI is InChI=1S/C42H41ClN6O5/c1-24-31(27-16-17-48-37(19-27)45-21-28(41(48)52)20-44-22-29-10-14-38(50)46-29)4-2-5-32(24)35-7-3-6-34(40(35)43)26-8-12-33-25(18-26)9-13-36(33)49(42(53)54)23-30-11-15-39(51)47-30/h2-8,12,16-19,21,29-30,36,44H,9-11,13-15,20,22-23H2,1H3,(H,46,50)(H,47,51)(H,53,54)/t29-,30-,36?/m0/s1. The molecule has 4 heterocycles. The third-order valence-corrected chi connectivity index (χ3v) is 11.5. The van der Waals surface area contributed by atoms with Gasteiger partial charge in [0.05, 0.1) is 11.1 Å². The van der Waals surface area contributed by atoms with Gasteiger partial charge in [0.1, 0.15) is 5.65 Å². The molecule has 2 aromatic heterocycles. The van der Waals surface area contributed by atoms with Gasteiger partial charge in [0.2, 0.25) is 11.8 Å². The number of fused-ring (bicyclic) bond motifs is 2. The summed E-state index contributed by atoms with van der Waals surface area (Å²) in [5.74, 6) is 0.0364. The van der Waals surface area contributed by atoms with Crippen molar-refractivity contribution in [3.63, 3.8) is 0 Å². The maximum atomic E-state index is 13.3. The third kappa shape index (κ3) is 6.85. The lowest BCUT2D eigenvalue weighted by molar-refractivity contribution is -0.120. The molecule has 4 N–H and O–H groups in total. The average Bonchev–Trinajstić information content (AvgIpc) is 3.90. The molecular formula is C42H41ClN6O5. The van der Waals surface area contributed by atoms with E-state index in [1.807, 2.05) is 48.5 Å². The van der Waals surface area contributed by atoms with Crippen LogP contribution >= 0.6 is 11.6 Å². The van der Waals surface area contributed by atoms with E-state index in [1.54, 1.807) is 16.8 Å². The highest BCUT2D eigenvalue weighted by Gasteiger charge is 2.34. The number of nitrogens with zero attached hydrogens (tertiary/aromatic N) is 3. The first kappa shape index (κ1) is 35.5. The number of hydrogen-bond acceptors (Lipinski definition) is 6. The number of benzene rings is 3. The second kappa shape index (κ2) is 14.7. The predicted molar refractivity (Wildman–Crippen MR) is 207 cm³/mol. The van der Waals surface area contributed by atoms with Crippen LogP contribution in [0.15, 0.2) is 83.9 Å². The Balaban J connectivity index is 1.03. The molecule has 2 saturated heterocycles. The second-order valence-corrected chi connectivity index (χ2v) is 14.9. The minimum absolute atomic E-state index is 0.0282. The number of carbonyl (C=O) groups is 3. The van der Waals surface area contributed by atoms with Crippen molar-refractivity contribution in [1.29, 1.82) is 0 Å². The first-order chi connectivity index (χ1) is 26.1. The Morgan fingerprint density at radius 3 is 2.33 bits per heavy atom. The summed E-state index contributed by atoms with van der Waals surface area (Å²) < 4.78 is 1.56. The zero-order valence-corrected chi connectivity index (χ0v) is 30.7. The van der Waals surface area contributed by atoms with E-state index in [-0.39, 0.29) is 42.0 Å². The Kier molecular flexibility index (Phi) is 9.68. The molecule has 0 bridgehead atoms. The van der Waals surface area contributed by atoms with Gasteiger partial charge in [-0.1, -0.05) is 66.2 Å². The Morgan fingerprint density at radius 2 is 1.59 bits per heavy atom. The minimum Gasteiger partial charge on any atom is -0.465 e. The summed E-state index contributed by atoms with van der Waals surface area (Å²) in [4.78, 5) is 55.0. The van der Waals surface area contributed by atoms with Crippen molar-refractivity contribution < 1.29 is 19.5 Å². The van der Waals surface area contributed by atoms with Crippen molar-refractivity contribution >= 4 is 35.2 Å². The van der Waals surface area contributed by atoms with E-state index in [4.69, 9.17) is 11.6 Å². The van der Waals surface area contributed by atoms with E-state index in [0.717, 1.165) is 62.9 Å². The molecule has 11 nitrogen and oxygen atoms in total. The number of halogens is 1. The molecule has 1 aliphatic carbocycles. The number of pyridine rings is 1.